The Hall–Kier alpha value is 0.853. The van der Waals surface area contributed by atoms with Gasteiger partial charge in [0.15, 0.2) is 0 Å². The molecule has 0 aliphatic rings. The summed E-state index contributed by atoms with van der Waals surface area (Å²) < 4.78 is 1.47. The van der Waals surface area contributed by atoms with Crippen LogP contribution >= 0.6 is 0 Å². The van der Waals surface area contributed by atoms with Crippen molar-refractivity contribution in [1.29, 1.82) is 0 Å². The van der Waals surface area contributed by atoms with Crippen molar-refractivity contribution in [2.24, 2.45) is 0 Å². The first-order valence-corrected chi connectivity index (χ1v) is 7.68. The van der Waals surface area contributed by atoms with E-state index >= 15 is 0 Å². The van der Waals surface area contributed by atoms with E-state index in [1.807, 2.05) is 18.6 Å². The predicted molar refractivity (Wildman–Crippen MR) is 33.9 cm³/mol. The molecule has 0 aliphatic heterocycles. The predicted octanol–water partition coefficient (Wildman–Crippen LogP) is 1.45. The second kappa shape index (κ2) is 2.24. The Morgan fingerprint density at radius 2 is 1.50 bits per heavy atom. The summed E-state index contributed by atoms with van der Waals surface area (Å²) >= 11 is 1.88. The van der Waals surface area contributed by atoms with Crippen molar-refractivity contribution in [1.82, 2.24) is 0 Å². The molecule has 0 aliphatic carbocycles. The van der Waals surface area contributed by atoms with E-state index in [1.54, 1.807) is 0 Å². The van der Waals surface area contributed by atoms with Gasteiger partial charge in [-0.05, 0) is 0 Å². The van der Waals surface area contributed by atoms with Gasteiger partial charge in [-0.25, -0.2) is 0 Å². The zero-order valence-electron chi connectivity index (χ0n) is 4.78. The molecule has 0 N–H and O–H groups in total. The van der Waals surface area contributed by atoms with E-state index in [4.69, 9.17) is 0 Å². The Kier molecular flexibility index (Phi) is 2.55. The molecule has 0 spiro atoms. The first-order chi connectivity index (χ1) is 2.56. The molecular formula is C4H11GaSi. The Morgan fingerprint density at radius 1 is 1.33 bits per heavy atom. The van der Waals surface area contributed by atoms with Gasteiger partial charge in [-0.3, -0.25) is 0 Å². The first-order valence-electron chi connectivity index (χ1n) is 2.26. The van der Waals surface area contributed by atoms with Crippen LogP contribution < -0.4 is 0 Å². The Morgan fingerprint density at radius 3 is 1.50 bits per heavy atom. The third-order valence-electron chi connectivity index (χ3n) is 0.612. The standard InChI is InChI=1S/C4H11Si.Ga/c1-5(2,3)4;/h1H2,2-4H3;. The molecule has 0 heterocycles. The van der Waals surface area contributed by atoms with E-state index in [-0.39, 0.29) is 0 Å². The van der Waals surface area contributed by atoms with Gasteiger partial charge in [-0.15, -0.1) is 0 Å². The van der Waals surface area contributed by atoms with Crippen molar-refractivity contribution in [3.8, 4) is 0 Å². The van der Waals surface area contributed by atoms with Crippen LogP contribution in [0.25, 0.3) is 0 Å². The fourth-order valence-corrected chi connectivity index (χ4v) is 0. The second-order valence-electron chi connectivity index (χ2n) is 2.76. The van der Waals surface area contributed by atoms with Crippen LogP contribution in [-0.2, 0) is 0 Å². The van der Waals surface area contributed by atoms with Gasteiger partial charge in [0.05, 0.1) is 0 Å². The topological polar surface area (TPSA) is 0 Å². The van der Waals surface area contributed by atoms with Gasteiger partial charge in [0, 0.05) is 0 Å². The summed E-state index contributed by atoms with van der Waals surface area (Å²) in [6.07, 6.45) is 0. The molecule has 2 radical (unpaired) electrons. The van der Waals surface area contributed by atoms with Crippen LogP contribution in [0, 0.1) is 0 Å². The number of hydrogen-bond acceptors (Lipinski definition) is 0. The average Bonchev–Trinajstić information content (AvgIpc) is 1.35. The van der Waals surface area contributed by atoms with Crippen molar-refractivity contribution >= 4 is 26.7 Å². The summed E-state index contributed by atoms with van der Waals surface area (Å²) in [5.74, 6) is 0. The number of hydrogen-bond donors (Lipinski definition) is 0. The minimum atomic E-state index is -0.603. The summed E-state index contributed by atoms with van der Waals surface area (Å²) in [5.41, 5.74) is 0. The molecule has 0 saturated carbocycles. The van der Waals surface area contributed by atoms with E-state index in [0.717, 1.165) is 0 Å². The van der Waals surface area contributed by atoms with E-state index in [0.29, 0.717) is 0 Å². The molecule has 0 aromatic carbocycles. The Labute approximate surface area is 51.3 Å². The van der Waals surface area contributed by atoms with Crippen molar-refractivity contribution in [3.05, 3.63) is 0 Å². The molecule has 0 nitrogen and oxygen atoms in total. The molecule has 0 fully saturated rings. The Bertz CT molecular complexity index is 37.3. The molecule has 0 atom stereocenters. The van der Waals surface area contributed by atoms with E-state index in [2.05, 4.69) is 19.6 Å². The molecule has 0 rings (SSSR count). The van der Waals surface area contributed by atoms with E-state index < -0.39 is 8.07 Å². The van der Waals surface area contributed by atoms with Crippen LogP contribution in [0.15, 0.2) is 0 Å². The van der Waals surface area contributed by atoms with Crippen LogP contribution in [-0.4, -0.2) is 26.7 Å². The zero-order valence-corrected chi connectivity index (χ0v) is 8.21. The summed E-state index contributed by atoms with van der Waals surface area (Å²) in [6.45, 7) is 7.19. The van der Waals surface area contributed by atoms with E-state index in [9.17, 15) is 0 Å². The van der Waals surface area contributed by atoms with Gasteiger partial charge in [-0.1, -0.05) is 0 Å². The average molecular weight is 157 g/mol. The van der Waals surface area contributed by atoms with Crippen molar-refractivity contribution < 1.29 is 0 Å². The molecule has 2 heteroatoms. The third kappa shape index (κ3) is 4.85. The molecule has 0 aromatic rings. The fraction of sp³-hybridized carbons (Fsp3) is 1.00. The molecule has 6 heavy (non-hydrogen) atoms. The minimum absolute atomic E-state index is 0.603. The van der Waals surface area contributed by atoms with Crippen molar-refractivity contribution in [2.45, 2.75) is 24.2 Å². The van der Waals surface area contributed by atoms with Gasteiger partial charge >= 0.3 is 50.9 Å². The summed E-state index contributed by atoms with van der Waals surface area (Å²) in [7, 11) is -0.603. The quantitative estimate of drug-likeness (QED) is 0.505. The van der Waals surface area contributed by atoms with Gasteiger partial charge in [0.2, 0.25) is 0 Å². The van der Waals surface area contributed by atoms with E-state index in [1.165, 1.54) is 4.60 Å². The molecule has 34 valence electrons. The van der Waals surface area contributed by atoms with Gasteiger partial charge in [0.25, 0.3) is 0 Å². The molecular weight excluding hydrogens is 146 g/mol. The van der Waals surface area contributed by atoms with Crippen LogP contribution in [0.1, 0.15) is 0 Å². The number of rotatable bonds is 1. The van der Waals surface area contributed by atoms with Gasteiger partial charge in [0.1, 0.15) is 0 Å². The summed E-state index contributed by atoms with van der Waals surface area (Å²) in [6, 6.07) is 0. The maximum absolute atomic E-state index is 2.40. The normalized spacial score (nSPS) is 11.8. The zero-order chi connectivity index (χ0) is 5.21. The van der Waals surface area contributed by atoms with Crippen LogP contribution in [0.4, 0.5) is 0 Å². The maximum atomic E-state index is 2.40. The SMILES string of the molecule is C[Si](C)(C)[CH2][Ga]. The van der Waals surface area contributed by atoms with Crippen LogP contribution in [0.3, 0.4) is 0 Å². The summed E-state index contributed by atoms with van der Waals surface area (Å²) in [4.78, 5) is 0. The summed E-state index contributed by atoms with van der Waals surface area (Å²) in [5, 5.41) is 0. The van der Waals surface area contributed by atoms with Crippen molar-refractivity contribution in [3.63, 3.8) is 0 Å². The monoisotopic (exact) mass is 156 g/mol. The molecule has 0 saturated heterocycles. The first kappa shape index (κ1) is 6.85. The second-order valence-corrected chi connectivity index (χ2v) is 10.9. The fourth-order valence-electron chi connectivity index (χ4n) is 0. The van der Waals surface area contributed by atoms with Crippen molar-refractivity contribution in [2.75, 3.05) is 0 Å². The molecule has 0 aromatic heterocycles. The van der Waals surface area contributed by atoms with Gasteiger partial charge < -0.3 is 0 Å². The molecule has 0 amide bonds. The Balaban J connectivity index is 3.17. The molecule has 0 bridgehead atoms. The third-order valence-corrected chi connectivity index (χ3v) is 9.55. The van der Waals surface area contributed by atoms with Gasteiger partial charge in [-0.2, -0.15) is 0 Å². The van der Waals surface area contributed by atoms with Crippen LogP contribution in [0.5, 0.6) is 0 Å². The van der Waals surface area contributed by atoms with Crippen LogP contribution in [0.2, 0.25) is 24.2 Å². The molecule has 0 unspecified atom stereocenters.